The van der Waals surface area contributed by atoms with E-state index in [0.29, 0.717) is 6.54 Å². The van der Waals surface area contributed by atoms with Gasteiger partial charge in [-0.1, -0.05) is 18.2 Å². The fraction of sp³-hybridized carbons (Fsp3) is 0.353. The summed E-state index contributed by atoms with van der Waals surface area (Å²) in [7, 11) is 0. The molecule has 0 bridgehead atoms. The molecular weight excluding hydrogens is 267 g/mol. The number of nitrogens with zero attached hydrogens (tertiary/aromatic N) is 1. The number of nitrogens with one attached hydrogen (secondary N) is 1. The van der Waals surface area contributed by atoms with Crippen molar-refractivity contribution in [2.24, 2.45) is 0 Å². The van der Waals surface area contributed by atoms with Gasteiger partial charge >= 0.3 is 0 Å². The van der Waals surface area contributed by atoms with Gasteiger partial charge in [-0.05, 0) is 42.7 Å². The number of pyridine rings is 1. The highest BCUT2D eigenvalue weighted by Crippen LogP contribution is 2.27. The van der Waals surface area contributed by atoms with Gasteiger partial charge in [0.25, 0.3) is 0 Å². The van der Waals surface area contributed by atoms with Crippen molar-refractivity contribution in [3.8, 4) is 0 Å². The van der Waals surface area contributed by atoms with Crippen LogP contribution in [0.3, 0.4) is 0 Å². The van der Waals surface area contributed by atoms with Gasteiger partial charge in [-0.25, -0.2) is 4.39 Å². The quantitative estimate of drug-likeness (QED) is 0.916. The van der Waals surface area contributed by atoms with Gasteiger partial charge in [0.15, 0.2) is 0 Å². The lowest BCUT2D eigenvalue weighted by Crippen LogP contribution is -2.31. The zero-order valence-electron chi connectivity index (χ0n) is 11.8. The van der Waals surface area contributed by atoms with Gasteiger partial charge in [0.2, 0.25) is 0 Å². The molecule has 0 spiro atoms. The van der Waals surface area contributed by atoms with Crippen molar-refractivity contribution in [3.63, 3.8) is 0 Å². The number of aromatic nitrogens is 1. The normalized spacial score (nSPS) is 19.6. The van der Waals surface area contributed by atoms with Crippen LogP contribution in [0, 0.1) is 5.82 Å². The number of hydrogen-bond donors (Lipinski definition) is 1. The molecule has 0 aliphatic carbocycles. The molecule has 0 amide bonds. The van der Waals surface area contributed by atoms with Gasteiger partial charge in [0.1, 0.15) is 5.82 Å². The summed E-state index contributed by atoms with van der Waals surface area (Å²) in [4.78, 5) is 4.32. The van der Waals surface area contributed by atoms with Gasteiger partial charge in [-0.3, -0.25) is 4.98 Å². The molecule has 0 saturated carbocycles. The largest absolute Gasteiger partial charge is 0.376 e. The minimum absolute atomic E-state index is 0.0649. The van der Waals surface area contributed by atoms with Crippen molar-refractivity contribution in [2.75, 3.05) is 6.61 Å². The lowest BCUT2D eigenvalue weighted by Gasteiger charge is -2.24. The second-order valence-corrected chi connectivity index (χ2v) is 5.28. The molecule has 2 aromatic rings. The van der Waals surface area contributed by atoms with E-state index >= 15 is 0 Å². The Morgan fingerprint density at radius 3 is 2.76 bits per heavy atom. The van der Waals surface area contributed by atoms with Gasteiger partial charge in [0.05, 0.1) is 17.8 Å². The van der Waals surface area contributed by atoms with Gasteiger partial charge < -0.3 is 10.1 Å². The maximum Gasteiger partial charge on any atom is 0.123 e. The van der Waals surface area contributed by atoms with E-state index in [4.69, 9.17) is 4.74 Å². The SMILES string of the molecule is Fc1ccc([C@H](NCc2ccccn2)[C@@H]2CCCO2)cc1. The zero-order valence-corrected chi connectivity index (χ0v) is 11.8. The standard InChI is InChI=1S/C17H19FN2O/c18-14-8-6-13(7-9-14)17(16-5-3-11-21-16)20-12-15-4-1-2-10-19-15/h1-2,4,6-10,16-17,20H,3,5,11-12H2/t16-,17-/m0/s1. The molecule has 2 heterocycles. The summed E-state index contributed by atoms with van der Waals surface area (Å²) in [5.74, 6) is -0.213. The third-order valence-electron chi connectivity index (χ3n) is 3.80. The Balaban J connectivity index is 1.74. The number of ether oxygens (including phenoxy) is 1. The highest BCUT2D eigenvalue weighted by molar-refractivity contribution is 5.21. The summed E-state index contributed by atoms with van der Waals surface area (Å²) in [6, 6.07) is 12.6. The van der Waals surface area contributed by atoms with Crippen LogP contribution in [0.2, 0.25) is 0 Å². The lowest BCUT2D eigenvalue weighted by atomic mass is 9.99. The summed E-state index contributed by atoms with van der Waals surface area (Å²) in [5.41, 5.74) is 2.04. The minimum atomic E-state index is -0.213. The third-order valence-corrected chi connectivity index (χ3v) is 3.80. The smallest absolute Gasteiger partial charge is 0.123 e. The summed E-state index contributed by atoms with van der Waals surface area (Å²) < 4.78 is 18.9. The van der Waals surface area contributed by atoms with Crippen molar-refractivity contribution in [1.29, 1.82) is 0 Å². The molecule has 3 nitrogen and oxygen atoms in total. The fourth-order valence-corrected chi connectivity index (χ4v) is 2.72. The Kier molecular flexibility index (Phi) is 4.58. The van der Waals surface area contributed by atoms with E-state index in [0.717, 1.165) is 30.7 Å². The summed E-state index contributed by atoms with van der Waals surface area (Å²) in [6.45, 7) is 1.47. The van der Waals surface area contributed by atoms with Crippen LogP contribution in [-0.4, -0.2) is 17.7 Å². The van der Waals surface area contributed by atoms with Crippen molar-refractivity contribution >= 4 is 0 Å². The lowest BCUT2D eigenvalue weighted by molar-refractivity contribution is 0.0774. The fourth-order valence-electron chi connectivity index (χ4n) is 2.72. The van der Waals surface area contributed by atoms with Crippen LogP contribution in [-0.2, 0) is 11.3 Å². The molecular formula is C17H19FN2O. The first-order valence-corrected chi connectivity index (χ1v) is 7.33. The Morgan fingerprint density at radius 1 is 1.24 bits per heavy atom. The van der Waals surface area contributed by atoms with Crippen LogP contribution in [0.5, 0.6) is 0 Å². The maximum atomic E-state index is 13.1. The molecule has 1 aromatic carbocycles. The summed E-state index contributed by atoms with van der Waals surface area (Å²) in [6.07, 6.45) is 4.03. The van der Waals surface area contributed by atoms with E-state index in [1.54, 1.807) is 6.20 Å². The molecule has 1 saturated heterocycles. The maximum absolute atomic E-state index is 13.1. The second kappa shape index (κ2) is 6.78. The predicted octanol–water partition coefficient (Wildman–Crippen LogP) is 3.23. The van der Waals surface area contributed by atoms with Crippen LogP contribution >= 0.6 is 0 Å². The van der Waals surface area contributed by atoms with Crippen molar-refractivity contribution < 1.29 is 9.13 Å². The van der Waals surface area contributed by atoms with E-state index in [2.05, 4.69) is 10.3 Å². The number of benzene rings is 1. The Hall–Kier alpha value is -1.78. The molecule has 110 valence electrons. The van der Waals surface area contributed by atoms with Crippen molar-refractivity contribution in [2.45, 2.75) is 31.5 Å². The van der Waals surface area contributed by atoms with Crippen molar-refractivity contribution in [1.82, 2.24) is 10.3 Å². The number of hydrogen-bond acceptors (Lipinski definition) is 3. The highest BCUT2D eigenvalue weighted by atomic mass is 19.1. The molecule has 2 atom stereocenters. The molecule has 1 aliphatic heterocycles. The predicted molar refractivity (Wildman–Crippen MR) is 79.2 cm³/mol. The number of halogens is 1. The summed E-state index contributed by atoms with van der Waals surface area (Å²) >= 11 is 0. The van der Waals surface area contributed by atoms with Gasteiger partial charge in [-0.15, -0.1) is 0 Å². The van der Waals surface area contributed by atoms with E-state index in [-0.39, 0.29) is 18.0 Å². The van der Waals surface area contributed by atoms with Crippen LogP contribution in [0.4, 0.5) is 4.39 Å². The topological polar surface area (TPSA) is 34.2 Å². The first-order valence-electron chi connectivity index (χ1n) is 7.33. The average molecular weight is 286 g/mol. The highest BCUT2D eigenvalue weighted by Gasteiger charge is 2.27. The average Bonchev–Trinajstić information content (AvgIpc) is 3.04. The van der Waals surface area contributed by atoms with Gasteiger partial charge in [-0.2, -0.15) is 0 Å². The van der Waals surface area contributed by atoms with E-state index in [1.807, 2.05) is 30.3 Å². The van der Waals surface area contributed by atoms with Crippen molar-refractivity contribution in [3.05, 3.63) is 65.7 Å². The Bertz CT molecular complexity index is 553. The third kappa shape index (κ3) is 3.65. The number of rotatable bonds is 5. The molecule has 0 radical (unpaired) electrons. The Labute approximate surface area is 124 Å². The molecule has 1 aliphatic rings. The molecule has 1 N–H and O–H groups in total. The van der Waals surface area contributed by atoms with Crippen LogP contribution in [0.1, 0.15) is 30.1 Å². The molecule has 1 fully saturated rings. The summed E-state index contributed by atoms with van der Waals surface area (Å²) in [5, 5.41) is 3.50. The first kappa shape index (κ1) is 14.2. The monoisotopic (exact) mass is 286 g/mol. The van der Waals surface area contributed by atoms with Crippen LogP contribution in [0.25, 0.3) is 0 Å². The van der Waals surface area contributed by atoms with E-state index in [1.165, 1.54) is 12.1 Å². The zero-order chi connectivity index (χ0) is 14.5. The Morgan fingerprint density at radius 2 is 2.10 bits per heavy atom. The van der Waals surface area contributed by atoms with E-state index in [9.17, 15) is 4.39 Å². The van der Waals surface area contributed by atoms with Crippen LogP contribution < -0.4 is 5.32 Å². The van der Waals surface area contributed by atoms with Crippen LogP contribution in [0.15, 0.2) is 48.7 Å². The second-order valence-electron chi connectivity index (χ2n) is 5.28. The minimum Gasteiger partial charge on any atom is -0.376 e. The molecule has 3 rings (SSSR count). The first-order chi connectivity index (χ1) is 10.3. The van der Waals surface area contributed by atoms with Gasteiger partial charge in [0, 0.05) is 19.3 Å². The molecule has 21 heavy (non-hydrogen) atoms. The molecule has 4 heteroatoms. The molecule has 1 aromatic heterocycles. The molecule has 0 unspecified atom stereocenters. The van der Waals surface area contributed by atoms with E-state index < -0.39 is 0 Å².